The Balaban J connectivity index is 1.70. The van der Waals surface area contributed by atoms with Gasteiger partial charge in [-0.05, 0) is 54.1 Å². The highest BCUT2D eigenvalue weighted by molar-refractivity contribution is 6.31. The van der Waals surface area contributed by atoms with E-state index in [0.29, 0.717) is 33.5 Å². The van der Waals surface area contributed by atoms with Crippen molar-refractivity contribution in [3.63, 3.8) is 0 Å². The third-order valence-corrected chi connectivity index (χ3v) is 4.45. The highest BCUT2D eigenvalue weighted by atomic mass is 35.5. The third-order valence-electron chi connectivity index (χ3n) is 4.22. The highest BCUT2D eigenvalue weighted by Crippen LogP contribution is 2.29. The van der Waals surface area contributed by atoms with Crippen LogP contribution in [-0.2, 0) is 9.59 Å². The summed E-state index contributed by atoms with van der Waals surface area (Å²) in [6.45, 7) is -0.284. The number of anilines is 2. The molecule has 0 spiro atoms. The van der Waals surface area contributed by atoms with Gasteiger partial charge in [-0.3, -0.25) is 14.4 Å². The van der Waals surface area contributed by atoms with Crippen LogP contribution in [0.2, 0.25) is 5.02 Å². The quantitative estimate of drug-likeness (QED) is 0.409. The number of carbonyl (C=O) groups is 3. The van der Waals surface area contributed by atoms with Crippen LogP contribution in [0.3, 0.4) is 0 Å². The molecule has 1 heterocycles. The number of carbonyl (C=O) groups excluding carboxylic acids is 3. The normalized spacial score (nSPS) is 10.6. The Hall–Kier alpha value is -4.24. The first-order valence-electron chi connectivity index (χ1n) is 9.58. The first-order chi connectivity index (χ1) is 15.9. The fraction of sp³-hybridized carbons (Fsp3) is 0.0870. The van der Waals surface area contributed by atoms with Crippen molar-refractivity contribution in [3.05, 3.63) is 77.2 Å². The lowest BCUT2D eigenvalue weighted by Crippen LogP contribution is -2.20. The Labute approximate surface area is 194 Å². The van der Waals surface area contributed by atoms with Crippen molar-refractivity contribution in [2.24, 2.45) is 5.73 Å². The van der Waals surface area contributed by atoms with Gasteiger partial charge in [-0.2, -0.15) is 0 Å². The monoisotopic (exact) mass is 469 g/mol. The van der Waals surface area contributed by atoms with Crippen molar-refractivity contribution >= 4 is 46.8 Å². The van der Waals surface area contributed by atoms with Crippen LogP contribution in [0.25, 0.3) is 6.08 Å². The molecule has 0 fully saturated rings. The number of amides is 3. The van der Waals surface area contributed by atoms with E-state index < -0.39 is 17.7 Å². The largest absolute Gasteiger partial charge is 0.493 e. The number of furan rings is 1. The van der Waals surface area contributed by atoms with Gasteiger partial charge in [-0.25, -0.2) is 0 Å². The molecule has 3 amide bonds. The average molecular weight is 470 g/mol. The van der Waals surface area contributed by atoms with Gasteiger partial charge in [0, 0.05) is 11.1 Å². The molecule has 0 unspecified atom stereocenters. The van der Waals surface area contributed by atoms with E-state index in [0.717, 1.165) is 0 Å². The molecule has 2 aromatic carbocycles. The molecule has 3 aromatic rings. The summed E-state index contributed by atoms with van der Waals surface area (Å²) in [6, 6.07) is 12.7. The number of methoxy groups -OCH3 is 1. The van der Waals surface area contributed by atoms with E-state index in [1.165, 1.54) is 31.6 Å². The van der Waals surface area contributed by atoms with Crippen molar-refractivity contribution in [1.29, 1.82) is 0 Å². The van der Waals surface area contributed by atoms with Gasteiger partial charge >= 0.3 is 0 Å². The topological polar surface area (TPSA) is 133 Å². The van der Waals surface area contributed by atoms with Crippen LogP contribution in [0.1, 0.15) is 16.1 Å². The van der Waals surface area contributed by atoms with Crippen LogP contribution in [0, 0.1) is 0 Å². The van der Waals surface area contributed by atoms with E-state index in [9.17, 15) is 14.4 Å². The van der Waals surface area contributed by atoms with Gasteiger partial charge in [0.25, 0.3) is 11.8 Å². The number of hydrogen-bond acceptors (Lipinski definition) is 6. The zero-order valence-corrected chi connectivity index (χ0v) is 18.2. The van der Waals surface area contributed by atoms with Gasteiger partial charge in [0.2, 0.25) is 5.91 Å². The zero-order valence-electron chi connectivity index (χ0n) is 17.5. The summed E-state index contributed by atoms with van der Waals surface area (Å²) in [5.74, 6) is -0.711. The minimum Gasteiger partial charge on any atom is -0.493 e. The molecule has 0 atom stereocenters. The smallest absolute Gasteiger partial charge is 0.291 e. The van der Waals surface area contributed by atoms with Gasteiger partial charge in [0.05, 0.1) is 24.7 Å². The second-order valence-corrected chi connectivity index (χ2v) is 7.05. The van der Waals surface area contributed by atoms with Crippen molar-refractivity contribution in [1.82, 2.24) is 0 Å². The molecule has 4 N–H and O–H groups in total. The molecule has 0 radical (unpaired) electrons. The summed E-state index contributed by atoms with van der Waals surface area (Å²) in [5, 5.41) is 5.73. The van der Waals surface area contributed by atoms with Crippen molar-refractivity contribution in [2.75, 3.05) is 24.4 Å². The van der Waals surface area contributed by atoms with Crippen LogP contribution >= 0.6 is 11.6 Å². The highest BCUT2D eigenvalue weighted by Gasteiger charge is 2.13. The Kier molecular flexibility index (Phi) is 7.72. The van der Waals surface area contributed by atoms with Crippen LogP contribution in [0.4, 0.5) is 11.4 Å². The third kappa shape index (κ3) is 6.62. The maximum atomic E-state index is 12.5. The number of rotatable bonds is 9. The molecular weight excluding hydrogens is 450 g/mol. The number of nitrogens with two attached hydrogens (primary N) is 1. The Morgan fingerprint density at radius 2 is 1.88 bits per heavy atom. The number of primary amides is 1. The predicted molar refractivity (Wildman–Crippen MR) is 123 cm³/mol. The first kappa shape index (κ1) is 23.4. The maximum absolute atomic E-state index is 12.5. The standard InChI is InChI=1S/C23H20ClN3O6/c1-31-20-11-14(4-8-18(20)33-13-21(25)28)5-9-22(29)26-16-7-6-15(24)12-17(16)27-23(30)19-3-2-10-32-19/h2-12H,13H2,1H3,(H2,25,28)(H,26,29)(H,27,30)/b9-5+. The number of ether oxygens (including phenoxy) is 2. The fourth-order valence-electron chi connectivity index (χ4n) is 2.72. The average Bonchev–Trinajstić information content (AvgIpc) is 3.33. The van der Waals surface area contributed by atoms with E-state index >= 15 is 0 Å². The lowest BCUT2D eigenvalue weighted by molar-refractivity contribution is -0.120. The van der Waals surface area contributed by atoms with Gasteiger partial charge in [0.15, 0.2) is 23.9 Å². The number of benzene rings is 2. The van der Waals surface area contributed by atoms with E-state index in [2.05, 4.69) is 10.6 Å². The number of hydrogen-bond donors (Lipinski definition) is 3. The molecule has 0 aliphatic rings. The van der Waals surface area contributed by atoms with Crippen molar-refractivity contribution in [2.45, 2.75) is 0 Å². The zero-order chi connectivity index (χ0) is 23.8. The first-order valence-corrected chi connectivity index (χ1v) is 9.96. The van der Waals surface area contributed by atoms with E-state index in [4.69, 9.17) is 31.2 Å². The molecule has 0 aliphatic heterocycles. The number of halogens is 1. The summed E-state index contributed by atoms with van der Waals surface area (Å²) in [7, 11) is 1.45. The Morgan fingerprint density at radius 1 is 1.06 bits per heavy atom. The Morgan fingerprint density at radius 3 is 2.58 bits per heavy atom. The van der Waals surface area contributed by atoms with Crippen LogP contribution < -0.4 is 25.8 Å². The van der Waals surface area contributed by atoms with E-state index in [1.54, 1.807) is 42.5 Å². The molecule has 1 aromatic heterocycles. The molecule has 33 heavy (non-hydrogen) atoms. The predicted octanol–water partition coefficient (Wildman–Crippen LogP) is 3.71. The molecular formula is C23H20ClN3O6. The van der Waals surface area contributed by atoms with Crippen molar-refractivity contribution < 1.29 is 28.3 Å². The molecule has 10 heteroatoms. The van der Waals surface area contributed by atoms with Gasteiger partial charge in [-0.1, -0.05) is 17.7 Å². The lowest BCUT2D eigenvalue weighted by Gasteiger charge is -2.11. The molecule has 9 nitrogen and oxygen atoms in total. The van der Waals surface area contributed by atoms with Gasteiger partial charge in [0.1, 0.15) is 0 Å². The minimum absolute atomic E-state index is 0.115. The minimum atomic E-state index is -0.611. The molecule has 170 valence electrons. The number of nitrogens with one attached hydrogen (secondary N) is 2. The SMILES string of the molecule is COc1cc(/C=C/C(=O)Nc2ccc(Cl)cc2NC(=O)c2ccco2)ccc1OCC(N)=O. The van der Waals surface area contributed by atoms with Gasteiger partial charge < -0.3 is 30.3 Å². The molecule has 0 bridgehead atoms. The lowest BCUT2D eigenvalue weighted by atomic mass is 10.2. The summed E-state index contributed by atoms with van der Waals surface area (Å²) in [4.78, 5) is 35.6. The van der Waals surface area contributed by atoms with Gasteiger partial charge in [-0.15, -0.1) is 0 Å². The van der Waals surface area contributed by atoms with Crippen LogP contribution in [-0.4, -0.2) is 31.4 Å². The summed E-state index contributed by atoms with van der Waals surface area (Å²) in [5.41, 5.74) is 6.39. The second kappa shape index (κ2) is 10.9. The van der Waals surface area contributed by atoms with Crippen molar-refractivity contribution in [3.8, 4) is 11.5 Å². The summed E-state index contributed by atoms with van der Waals surface area (Å²) >= 11 is 6.03. The maximum Gasteiger partial charge on any atom is 0.291 e. The van der Waals surface area contributed by atoms with E-state index in [1.807, 2.05) is 0 Å². The molecule has 0 saturated carbocycles. The second-order valence-electron chi connectivity index (χ2n) is 6.61. The van der Waals surface area contributed by atoms with Crippen LogP contribution in [0.15, 0.2) is 65.3 Å². The summed E-state index contributed by atoms with van der Waals surface area (Å²) < 4.78 is 15.6. The van der Waals surface area contributed by atoms with E-state index in [-0.39, 0.29) is 12.4 Å². The van der Waals surface area contributed by atoms with Crippen LogP contribution in [0.5, 0.6) is 11.5 Å². The Bertz CT molecular complexity index is 1190. The fourth-order valence-corrected chi connectivity index (χ4v) is 2.89. The molecule has 0 aliphatic carbocycles. The molecule has 3 rings (SSSR count). The molecule has 0 saturated heterocycles. The summed E-state index contributed by atoms with van der Waals surface area (Å²) in [6.07, 6.45) is 4.25.